The second-order valence-electron chi connectivity index (χ2n) is 7.73. The number of hydrogen-bond acceptors (Lipinski definition) is 4. The molecule has 0 radical (unpaired) electrons. The molecule has 0 saturated heterocycles. The zero-order valence-electron chi connectivity index (χ0n) is 17.8. The average molecular weight is 398 g/mol. The van der Waals surface area contributed by atoms with Crippen LogP contribution in [0.5, 0.6) is 11.5 Å². The van der Waals surface area contributed by atoms with Crippen LogP contribution in [0.3, 0.4) is 0 Å². The molecule has 29 heavy (non-hydrogen) atoms. The molecular weight excluding hydrogens is 368 g/mol. The van der Waals surface area contributed by atoms with Gasteiger partial charge in [0.25, 0.3) is 0 Å². The van der Waals surface area contributed by atoms with Gasteiger partial charge in [0.1, 0.15) is 11.5 Å². The van der Waals surface area contributed by atoms with Crippen molar-refractivity contribution < 1.29 is 24.5 Å². The molecule has 2 rings (SSSR count). The van der Waals surface area contributed by atoms with E-state index in [1.807, 2.05) is 13.8 Å². The third-order valence-corrected chi connectivity index (χ3v) is 5.10. The van der Waals surface area contributed by atoms with Crippen LogP contribution in [-0.2, 0) is 11.2 Å². The van der Waals surface area contributed by atoms with Crippen molar-refractivity contribution in [1.82, 2.24) is 0 Å². The van der Waals surface area contributed by atoms with E-state index < -0.39 is 12.6 Å². The Morgan fingerprint density at radius 1 is 1.14 bits per heavy atom. The molecule has 2 aromatic rings. The standard InChI is InChI=1S/C24H30O5/c1-6-7-8-17-11-18(12-20(14(2)3)24(17)29-13-21(25)26)23(28)19-10-9-15(4)22(27)16(19)5/h9-12,14,27H,6-8,13H2,1-5H3,(H,25,26). The van der Waals surface area contributed by atoms with E-state index in [-0.39, 0.29) is 17.5 Å². The molecule has 0 fully saturated rings. The summed E-state index contributed by atoms with van der Waals surface area (Å²) in [5.74, 6) is -0.447. The minimum atomic E-state index is -1.04. The minimum absolute atomic E-state index is 0.0550. The smallest absolute Gasteiger partial charge is 0.341 e. The van der Waals surface area contributed by atoms with Crippen LogP contribution in [0.1, 0.15) is 77.7 Å². The maximum atomic E-state index is 13.3. The first-order valence-electron chi connectivity index (χ1n) is 10.0. The molecule has 0 saturated carbocycles. The monoisotopic (exact) mass is 398 g/mol. The van der Waals surface area contributed by atoms with Crippen LogP contribution in [0.15, 0.2) is 24.3 Å². The first-order chi connectivity index (χ1) is 13.7. The molecule has 2 aromatic carbocycles. The highest BCUT2D eigenvalue weighted by atomic mass is 16.5. The number of unbranched alkanes of at least 4 members (excludes halogenated alkanes) is 1. The molecule has 5 heteroatoms. The molecule has 156 valence electrons. The Morgan fingerprint density at radius 2 is 1.83 bits per heavy atom. The van der Waals surface area contributed by atoms with E-state index in [0.29, 0.717) is 28.9 Å². The summed E-state index contributed by atoms with van der Waals surface area (Å²) in [6.07, 6.45) is 2.58. The van der Waals surface area contributed by atoms with Gasteiger partial charge in [-0.15, -0.1) is 0 Å². The lowest BCUT2D eigenvalue weighted by Crippen LogP contribution is -2.14. The molecule has 0 aliphatic rings. The molecule has 0 spiro atoms. The summed E-state index contributed by atoms with van der Waals surface area (Å²) in [5, 5.41) is 19.3. The largest absolute Gasteiger partial charge is 0.507 e. The molecule has 0 aliphatic carbocycles. The molecule has 2 N–H and O–H groups in total. The van der Waals surface area contributed by atoms with Gasteiger partial charge in [-0.25, -0.2) is 4.79 Å². The van der Waals surface area contributed by atoms with Gasteiger partial charge in [-0.1, -0.05) is 39.3 Å². The third-order valence-electron chi connectivity index (χ3n) is 5.10. The van der Waals surface area contributed by atoms with Gasteiger partial charge < -0.3 is 14.9 Å². The number of aryl methyl sites for hydroxylation is 2. The number of benzene rings is 2. The summed E-state index contributed by atoms with van der Waals surface area (Å²) in [6, 6.07) is 7.07. The highest BCUT2D eigenvalue weighted by Crippen LogP contribution is 2.35. The van der Waals surface area contributed by atoms with E-state index in [4.69, 9.17) is 9.84 Å². The van der Waals surface area contributed by atoms with Gasteiger partial charge in [-0.2, -0.15) is 0 Å². The van der Waals surface area contributed by atoms with Crippen molar-refractivity contribution in [3.63, 3.8) is 0 Å². The minimum Gasteiger partial charge on any atom is -0.507 e. The summed E-state index contributed by atoms with van der Waals surface area (Å²) in [5.41, 5.74) is 3.93. The van der Waals surface area contributed by atoms with Gasteiger partial charge in [0.2, 0.25) is 0 Å². The molecule has 0 aliphatic heterocycles. The first kappa shape index (κ1) is 22.5. The van der Waals surface area contributed by atoms with Crippen molar-refractivity contribution in [2.75, 3.05) is 6.61 Å². The van der Waals surface area contributed by atoms with Crippen molar-refractivity contribution in [2.24, 2.45) is 0 Å². The molecule has 0 heterocycles. The van der Waals surface area contributed by atoms with Crippen LogP contribution >= 0.6 is 0 Å². The van der Waals surface area contributed by atoms with Crippen LogP contribution in [0, 0.1) is 13.8 Å². The fraction of sp³-hybridized carbons (Fsp3) is 0.417. The van der Waals surface area contributed by atoms with E-state index in [9.17, 15) is 14.7 Å². The second-order valence-corrected chi connectivity index (χ2v) is 7.73. The summed E-state index contributed by atoms with van der Waals surface area (Å²) in [7, 11) is 0. The van der Waals surface area contributed by atoms with E-state index in [1.54, 1.807) is 38.1 Å². The van der Waals surface area contributed by atoms with Crippen molar-refractivity contribution in [1.29, 1.82) is 0 Å². The number of carbonyl (C=O) groups is 2. The normalized spacial score (nSPS) is 11.0. The van der Waals surface area contributed by atoms with Gasteiger partial charge >= 0.3 is 5.97 Å². The van der Waals surface area contributed by atoms with E-state index in [2.05, 4.69) is 6.92 Å². The van der Waals surface area contributed by atoms with Gasteiger partial charge in [0, 0.05) is 16.7 Å². The number of rotatable bonds is 9. The zero-order valence-corrected chi connectivity index (χ0v) is 17.8. The lowest BCUT2D eigenvalue weighted by molar-refractivity contribution is -0.139. The van der Waals surface area contributed by atoms with Crippen LogP contribution < -0.4 is 4.74 Å². The first-order valence-corrected chi connectivity index (χ1v) is 10.0. The Hall–Kier alpha value is -2.82. The number of carbonyl (C=O) groups excluding carboxylic acids is 1. The van der Waals surface area contributed by atoms with Crippen molar-refractivity contribution >= 4 is 11.8 Å². The van der Waals surface area contributed by atoms with Gasteiger partial charge in [0.15, 0.2) is 12.4 Å². The van der Waals surface area contributed by atoms with Crippen molar-refractivity contribution in [3.05, 3.63) is 57.6 Å². The number of ether oxygens (including phenoxy) is 1. The quantitative estimate of drug-likeness (QED) is 0.569. The number of phenols is 1. The average Bonchev–Trinajstić information content (AvgIpc) is 2.68. The predicted octanol–water partition coefficient (Wildman–Crippen LogP) is 5.17. The van der Waals surface area contributed by atoms with Gasteiger partial charge in [0.05, 0.1) is 0 Å². The number of hydrogen-bond donors (Lipinski definition) is 2. The van der Waals surface area contributed by atoms with Crippen molar-refractivity contribution in [2.45, 2.75) is 59.8 Å². The molecule has 0 amide bonds. The number of ketones is 1. The van der Waals surface area contributed by atoms with E-state index in [0.717, 1.165) is 29.5 Å². The van der Waals surface area contributed by atoms with E-state index >= 15 is 0 Å². The maximum absolute atomic E-state index is 13.3. The topological polar surface area (TPSA) is 83.8 Å². The van der Waals surface area contributed by atoms with E-state index in [1.165, 1.54) is 0 Å². The lowest BCUT2D eigenvalue weighted by atomic mass is 9.90. The van der Waals surface area contributed by atoms with Crippen LogP contribution in [-0.4, -0.2) is 28.6 Å². The number of carboxylic acids is 1. The van der Waals surface area contributed by atoms with Crippen LogP contribution in [0.2, 0.25) is 0 Å². The van der Waals surface area contributed by atoms with Gasteiger partial charge in [-0.3, -0.25) is 4.79 Å². The molecule has 0 aromatic heterocycles. The van der Waals surface area contributed by atoms with Gasteiger partial charge in [-0.05, 0) is 61.4 Å². The SMILES string of the molecule is CCCCc1cc(C(=O)c2ccc(C)c(O)c2C)cc(C(C)C)c1OCC(=O)O. The van der Waals surface area contributed by atoms with Crippen LogP contribution in [0.25, 0.3) is 0 Å². The summed E-state index contributed by atoms with van der Waals surface area (Å²) < 4.78 is 5.64. The molecule has 5 nitrogen and oxygen atoms in total. The van der Waals surface area contributed by atoms with Crippen LogP contribution in [0.4, 0.5) is 0 Å². The summed E-state index contributed by atoms with van der Waals surface area (Å²) in [6.45, 7) is 9.17. The third kappa shape index (κ3) is 5.17. The summed E-state index contributed by atoms with van der Waals surface area (Å²) in [4.78, 5) is 24.3. The number of aliphatic carboxylic acids is 1. The molecule has 0 bridgehead atoms. The highest BCUT2D eigenvalue weighted by molar-refractivity contribution is 6.10. The Kier molecular flexibility index (Phi) is 7.43. The Labute approximate surface area is 172 Å². The fourth-order valence-electron chi connectivity index (χ4n) is 3.37. The Bertz CT molecular complexity index is 912. The second kappa shape index (κ2) is 9.59. The lowest BCUT2D eigenvalue weighted by Gasteiger charge is -2.19. The maximum Gasteiger partial charge on any atom is 0.341 e. The summed E-state index contributed by atoms with van der Waals surface area (Å²) >= 11 is 0. The number of aromatic hydroxyl groups is 1. The number of phenolic OH excluding ortho intramolecular Hbond substituents is 1. The Balaban J connectivity index is 2.60. The zero-order chi connectivity index (χ0) is 21.7. The highest BCUT2D eigenvalue weighted by Gasteiger charge is 2.21. The molecular formula is C24H30O5. The molecule has 0 atom stereocenters. The number of carboxylic acid groups (broad SMARTS) is 1. The molecule has 0 unspecified atom stereocenters. The fourth-order valence-corrected chi connectivity index (χ4v) is 3.37. The van der Waals surface area contributed by atoms with Crippen molar-refractivity contribution in [3.8, 4) is 11.5 Å². The predicted molar refractivity (Wildman–Crippen MR) is 113 cm³/mol. The Morgan fingerprint density at radius 3 is 2.41 bits per heavy atom.